The van der Waals surface area contributed by atoms with E-state index in [0.717, 1.165) is 21.9 Å². The lowest BCUT2D eigenvalue weighted by Gasteiger charge is -2.44. The number of amides is 1. The van der Waals surface area contributed by atoms with Gasteiger partial charge in [-0.1, -0.05) is 12.1 Å². The Hall–Kier alpha value is -2.15. The maximum absolute atomic E-state index is 13.9. The van der Waals surface area contributed by atoms with Gasteiger partial charge in [-0.3, -0.25) is 4.90 Å². The van der Waals surface area contributed by atoms with Crippen molar-refractivity contribution in [2.24, 2.45) is 0 Å². The SMILES string of the molecule is CC(C)(C)OC(=O)N1CCN(C(c2ccc(C(F)(F)F)cc2)C(F)(F)F)C[C@H]1COC(F)F. The van der Waals surface area contributed by atoms with Crippen LogP contribution in [-0.2, 0) is 15.7 Å². The van der Waals surface area contributed by atoms with Crippen LogP contribution < -0.4 is 0 Å². The van der Waals surface area contributed by atoms with E-state index in [-0.39, 0.29) is 13.1 Å². The van der Waals surface area contributed by atoms with Crippen molar-refractivity contribution in [3.63, 3.8) is 0 Å². The molecule has 1 aliphatic heterocycles. The van der Waals surface area contributed by atoms with E-state index in [0.29, 0.717) is 12.1 Å². The molecule has 2 rings (SSSR count). The molecule has 0 spiro atoms. The highest BCUT2D eigenvalue weighted by atomic mass is 19.4. The summed E-state index contributed by atoms with van der Waals surface area (Å²) in [5, 5.41) is 0. The minimum Gasteiger partial charge on any atom is -0.444 e. The molecular formula is C20H24F8N2O3. The molecule has 1 aromatic rings. The molecule has 1 saturated heterocycles. The lowest BCUT2D eigenvalue weighted by atomic mass is 10.0. The molecule has 1 fully saturated rings. The van der Waals surface area contributed by atoms with Gasteiger partial charge in [0, 0.05) is 19.6 Å². The van der Waals surface area contributed by atoms with E-state index in [1.807, 2.05) is 0 Å². The summed E-state index contributed by atoms with van der Waals surface area (Å²) < 4.78 is 115. The second-order valence-corrected chi connectivity index (χ2v) is 8.48. The first-order valence-corrected chi connectivity index (χ1v) is 9.86. The fourth-order valence-electron chi connectivity index (χ4n) is 3.46. The molecule has 0 aliphatic carbocycles. The van der Waals surface area contributed by atoms with Crippen LogP contribution in [0.4, 0.5) is 39.9 Å². The van der Waals surface area contributed by atoms with Crippen LogP contribution >= 0.6 is 0 Å². The van der Waals surface area contributed by atoms with Crippen molar-refractivity contribution in [2.75, 3.05) is 26.2 Å². The van der Waals surface area contributed by atoms with E-state index >= 15 is 0 Å². The molecule has 188 valence electrons. The van der Waals surface area contributed by atoms with Crippen LogP contribution in [0.3, 0.4) is 0 Å². The van der Waals surface area contributed by atoms with Crippen molar-refractivity contribution in [3.05, 3.63) is 35.4 Å². The summed E-state index contributed by atoms with van der Waals surface area (Å²) in [6.45, 7) is -0.409. The average molecular weight is 492 g/mol. The summed E-state index contributed by atoms with van der Waals surface area (Å²) in [7, 11) is 0. The van der Waals surface area contributed by atoms with Gasteiger partial charge in [-0.2, -0.15) is 35.1 Å². The number of nitrogens with zero attached hydrogens (tertiary/aromatic N) is 2. The van der Waals surface area contributed by atoms with Crippen molar-refractivity contribution in [1.82, 2.24) is 9.80 Å². The van der Waals surface area contributed by atoms with E-state index < -0.39 is 67.0 Å². The molecule has 13 heteroatoms. The summed E-state index contributed by atoms with van der Waals surface area (Å²) in [5.41, 5.74) is -2.49. The van der Waals surface area contributed by atoms with Gasteiger partial charge in [0.05, 0.1) is 18.2 Å². The van der Waals surface area contributed by atoms with Crippen molar-refractivity contribution in [2.45, 2.75) is 57.4 Å². The van der Waals surface area contributed by atoms with Gasteiger partial charge in [0.2, 0.25) is 0 Å². The third kappa shape index (κ3) is 7.70. The number of piperazine rings is 1. The molecule has 1 amide bonds. The summed E-state index contributed by atoms with van der Waals surface area (Å²) in [6, 6.07) is -0.973. The highest BCUT2D eigenvalue weighted by Gasteiger charge is 2.48. The largest absolute Gasteiger partial charge is 0.444 e. The number of ether oxygens (including phenoxy) is 2. The first-order valence-electron chi connectivity index (χ1n) is 9.86. The number of rotatable bonds is 5. The van der Waals surface area contributed by atoms with Crippen LogP contribution in [-0.4, -0.2) is 66.6 Å². The van der Waals surface area contributed by atoms with Crippen LogP contribution in [0.15, 0.2) is 24.3 Å². The third-order valence-corrected chi connectivity index (χ3v) is 4.79. The first kappa shape index (κ1) is 27.1. The number of benzene rings is 1. The van der Waals surface area contributed by atoms with Gasteiger partial charge in [0.25, 0.3) is 0 Å². The van der Waals surface area contributed by atoms with Crippen molar-refractivity contribution < 1.29 is 49.4 Å². The Balaban J connectivity index is 2.31. The molecule has 5 nitrogen and oxygen atoms in total. The highest BCUT2D eigenvalue weighted by Crippen LogP contribution is 2.40. The predicted molar refractivity (Wildman–Crippen MR) is 100 cm³/mol. The van der Waals surface area contributed by atoms with E-state index in [1.54, 1.807) is 20.8 Å². The monoisotopic (exact) mass is 492 g/mol. The standard InChI is InChI=1S/C20H24F8N2O3/c1-18(2,3)33-17(31)30-9-8-29(10-14(30)11-32-16(21)22)15(20(26,27)28)12-4-6-13(7-5-12)19(23,24)25/h4-7,14-16H,8-11H2,1-3H3/t14-,15?/m0/s1. The Morgan fingerprint density at radius 3 is 2.06 bits per heavy atom. The lowest BCUT2D eigenvalue weighted by molar-refractivity contribution is -0.197. The fraction of sp³-hybridized carbons (Fsp3) is 0.650. The second kappa shape index (κ2) is 10.00. The number of hydrogen-bond donors (Lipinski definition) is 0. The van der Waals surface area contributed by atoms with Crippen molar-refractivity contribution in [3.8, 4) is 0 Å². The summed E-state index contributed by atoms with van der Waals surface area (Å²) in [4.78, 5) is 14.4. The van der Waals surface area contributed by atoms with Gasteiger partial charge in [0.15, 0.2) is 0 Å². The molecule has 33 heavy (non-hydrogen) atoms. The number of carbonyl (C=O) groups is 1. The zero-order valence-corrected chi connectivity index (χ0v) is 18.0. The molecule has 0 N–H and O–H groups in total. The number of carbonyl (C=O) groups excluding carboxylic acids is 1. The Morgan fingerprint density at radius 1 is 1.03 bits per heavy atom. The van der Waals surface area contributed by atoms with Crippen LogP contribution in [0, 0.1) is 0 Å². The second-order valence-electron chi connectivity index (χ2n) is 8.48. The highest BCUT2D eigenvalue weighted by molar-refractivity contribution is 5.68. The minimum atomic E-state index is -4.89. The predicted octanol–water partition coefficient (Wildman–Crippen LogP) is 5.47. The molecule has 0 saturated carbocycles. The van der Waals surface area contributed by atoms with Gasteiger partial charge in [-0.25, -0.2) is 4.79 Å². The lowest BCUT2D eigenvalue weighted by Crippen LogP contribution is -2.59. The first-order chi connectivity index (χ1) is 15.0. The molecule has 0 aromatic heterocycles. The van der Waals surface area contributed by atoms with Crippen molar-refractivity contribution >= 4 is 6.09 Å². The normalized spacial score (nSPS) is 19.6. The Kier molecular flexibility index (Phi) is 8.21. The fourth-order valence-corrected chi connectivity index (χ4v) is 3.46. The van der Waals surface area contributed by atoms with Crippen LogP contribution in [0.25, 0.3) is 0 Å². The zero-order valence-electron chi connectivity index (χ0n) is 18.0. The minimum absolute atomic E-state index is 0.292. The van der Waals surface area contributed by atoms with E-state index in [4.69, 9.17) is 4.74 Å². The Bertz CT molecular complexity index is 790. The van der Waals surface area contributed by atoms with Gasteiger partial charge < -0.3 is 14.4 Å². The van der Waals surface area contributed by atoms with E-state index in [2.05, 4.69) is 4.74 Å². The van der Waals surface area contributed by atoms with Crippen LogP contribution in [0.5, 0.6) is 0 Å². The molecule has 0 radical (unpaired) electrons. The van der Waals surface area contributed by atoms with Crippen LogP contribution in [0.2, 0.25) is 0 Å². The molecule has 2 atom stereocenters. The summed E-state index contributed by atoms with van der Waals surface area (Å²) in [5.74, 6) is 0. The Labute approximate surface area is 185 Å². The maximum Gasteiger partial charge on any atom is 0.416 e. The summed E-state index contributed by atoms with van der Waals surface area (Å²) >= 11 is 0. The van der Waals surface area contributed by atoms with E-state index in [1.165, 1.54) is 0 Å². The topological polar surface area (TPSA) is 42.0 Å². The zero-order chi connectivity index (χ0) is 25.2. The van der Waals surface area contributed by atoms with Gasteiger partial charge in [0.1, 0.15) is 11.6 Å². The van der Waals surface area contributed by atoms with Gasteiger partial charge in [-0.05, 0) is 38.5 Å². The molecule has 1 unspecified atom stereocenters. The smallest absolute Gasteiger partial charge is 0.416 e. The Morgan fingerprint density at radius 2 is 1.61 bits per heavy atom. The third-order valence-electron chi connectivity index (χ3n) is 4.79. The van der Waals surface area contributed by atoms with Crippen LogP contribution in [0.1, 0.15) is 37.9 Å². The van der Waals surface area contributed by atoms with Gasteiger partial charge in [-0.15, -0.1) is 0 Å². The number of hydrogen-bond acceptors (Lipinski definition) is 4. The van der Waals surface area contributed by atoms with Gasteiger partial charge >= 0.3 is 25.1 Å². The summed E-state index contributed by atoms with van der Waals surface area (Å²) in [6.07, 6.45) is -10.5. The van der Waals surface area contributed by atoms with Crippen molar-refractivity contribution in [1.29, 1.82) is 0 Å². The molecule has 0 bridgehead atoms. The molecular weight excluding hydrogens is 468 g/mol. The number of halogens is 8. The molecule has 1 aliphatic rings. The molecule has 1 aromatic carbocycles. The number of alkyl halides is 8. The quantitative estimate of drug-likeness (QED) is 0.512. The molecule has 1 heterocycles. The maximum atomic E-state index is 13.9. The average Bonchev–Trinajstić information content (AvgIpc) is 2.63. The van der Waals surface area contributed by atoms with E-state index in [9.17, 15) is 39.9 Å².